The maximum atomic E-state index is 7.42. The molecule has 4 aliphatic heterocycles. The molecule has 6 aromatic heterocycles. The van der Waals surface area contributed by atoms with Crippen molar-refractivity contribution < 1.29 is 18.6 Å². The largest absolute Gasteiger partial charge is 0.494 e. The number of unbranched alkanes of at least 4 members (excludes halogenated alkanes) is 15. The molecule has 10 heterocycles. The fourth-order valence-electron chi connectivity index (χ4n) is 16.8. The summed E-state index contributed by atoms with van der Waals surface area (Å²) in [5, 5.41) is 0. The molecule has 0 fully saturated rings. The normalized spacial score (nSPS) is 12.0. The Morgan fingerprint density at radius 1 is 0.270 bits per heavy atom. The highest BCUT2D eigenvalue weighted by Crippen LogP contribution is 2.44. The van der Waals surface area contributed by atoms with Crippen molar-refractivity contribution in [1.82, 2.24) is 29.9 Å². The van der Waals surface area contributed by atoms with Gasteiger partial charge >= 0.3 is 0 Å². The van der Waals surface area contributed by atoms with Crippen LogP contribution >= 0.6 is 11.3 Å². The second-order valence-corrected chi connectivity index (χ2v) is 33.7. The number of furan rings is 1. The molecule has 0 spiro atoms. The number of fused-ring (bicyclic) bond motifs is 16. The molecule has 16 bridgehead atoms. The SMILES string of the molecule is CCCCCCCCOc1ccc(-c2c3nc(c(-c4ccc(C#Cc5c6nc(c(-c7ccc(C)cc7)c7ccc([nH]7)c(-c7ccc(C)cc7)c7nc(c(-c8ccc(C)cc8)c8ccc5s8)C=C7)C=C6)cc4)c4ccc(o4)c(-c4ccc(OCCCCCCCC)cc4)c4nc(c(-c5ccc(OCCCCCCCC)cc5)c5ccc2[nH]5)C=C4)C=C3)cc1. The second-order valence-electron chi connectivity index (χ2n) is 32.6. The zero-order valence-corrected chi connectivity index (χ0v) is 71.9. The van der Waals surface area contributed by atoms with Crippen molar-refractivity contribution in [1.29, 1.82) is 0 Å². The molecule has 122 heavy (non-hydrogen) atoms. The van der Waals surface area contributed by atoms with Crippen molar-refractivity contribution in [2.45, 2.75) is 157 Å². The van der Waals surface area contributed by atoms with Gasteiger partial charge in [-0.15, -0.1) is 11.3 Å². The number of thiophene rings is 1. The number of aryl methyl sites for hydroxylation is 3. The lowest BCUT2D eigenvalue weighted by molar-refractivity contribution is 0.304. The van der Waals surface area contributed by atoms with E-state index in [1.807, 2.05) is 0 Å². The summed E-state index contributed by atoms with van der Waals surface area (Å²) in [6.45, 7) is 15.2. The van der Waals surface area contributed by atoms with Crippen LogP contribution in [0.4, 0.5) is 0 Å². The van der Waals surface area contributed by atoms with E-state index in [0.29, 0.717) is 31.0 Å². The van der Waals surface area contributed by atoms with E-state index in [1.165, 1.54) is 100 Å². The molecule has 10 nitrogen and oxygen atoms in total. The van der Waals surface area contributed by atoms with Crippen LogP contribution in [0.1, 0.15) is 210 Å². The van der Waals surface area contributed by atoms with E-state index >= 15 is 0 Å². The highest BCUT2D eigenvalue weighted by atomic mass is 32.1. The lowest BCUT2D eigenvalue weighted by Crippen LogP contribution is -1.97. The molecule has 0 unspecified atom stereocenters. The molecule has 17 rings (SSSR count). The van der Waals surface area contributed by atoms with Crippen molar-refractivity contribution in [3.63, 3.8) is 0 Å². The first kappa shape index (κ1) is 81.5. The second kappa shape index (κ2) is 38.7. The quantitative estimate of drug-likeness (QED) is 0.0325. The first-order valence-corrected chi connectivity index (χ1v) is 45.1. The number of nitrogens with one attached hydrogen (secondary N) is 2. The van der Waals surface area contributed by atoms with Crippen LogP contribution in [0, 0.1) is 32.6 Å². The van der Waals surface area contributed by atoms with Gasteiger partial charge in [-0.25, -0.2) is 19.9 Å². The number of hydrogen-bond acceptors (Lipinski definition) is 9. The average molecular weight is 1620 g/mol. The van der Waals surface area contributed by atoms with Crippen LogP contribution in [0.2, 0.25) is 0 Å². The molecule has 0 amide bonds. The molecule has 0 saturated heterocycles. The van der Waals surface area contributed by atoms with E-state index in [9.17, 15) is 0 Å². The van der Waals surface area contributed by atoms with Gasteiger partial charge < -0.3 is 28.6 Å². The molecule has 13 aromatic rings. The van der Waals surface area contributed by atoms with Crippen molar-refractivity contribution in [2.24, 2.45) is 0 Å². The number of ether oxygens (including phenoxy) is 3. The minimum Gasteiger partial charge on any atom is -0.494 e. The molecule has 0 aliphatic carbocycles. The number of hydrogen-bond donors (Lipinski definition) is 2. The predicted octanol–water partition coefficient (Wildman–Crippen LogP) is 30.8. The highest BCUT2D eigenvalue weighted by Gasteiger charge is 2.24. The Morgan fingerprint density at radius 2 is 0.549 bits per heavy atom. The van der Waals surface area contributed by atoms with Crippen LogP contribution in [0.15, 0.2) is 223 Å². The average Bonchev–Trinajstić information content (AvgIpc) is 1.62. The third-order valence-corrected chi connectivity index (χ3v) is 24.6. The first-order chi connectivity index (χ1) is 60.1. The zero-order valence-electron chi connectivity index (χ0n) is 71.1. The summed E-state index contributed by atoms with van der Waals surface area (Å²) in [5.74, 6) is 9.97. The fourth-order valence-corrected chi connectivity index (χ4v) is 17.9. The maximum absolute atomic E-state index is 7.42. The third kappa shape index (κ3) is 18.8. The molecule has 0 atom stereocenters. The van der Waals surface area contributed by atoms with Crippen LogP contribution in [-0.4, -0.2) is 49.7 Å². The number of aromatic amines is 2. The molecule has 4 aliphatic rings. The van der Waals surface area contributed by atoms with Crippen molar-refractivity contribution in [2.75, 3.05) is 19.8 Å². The first-order valence-electron chi connectivity index (χ1n) is 44.2. The smallest absolute Gasteiger partial charge is 0.137 e. The summed E-state index contributed by atoms with van der Waals surface area (Å²) in [6, 6.07) is 77.6. The molecular formula is C111H106N6O4S. The summed E-state index contributed by atoms with van der Waals surface area (Å²) in [7, 11) is 0. The number of benzene rings is 7. The number of nitrogens with zero attached hydrogens (tertiary/aromatic N) is 4. The van der Waals surface area contributed by atoms with Crippen molar-refractivity contribution >= 4 is 103 Å². The van der Waals surface area contributed by atoms with E-state index < -0.39 is 0 Å². The van der Waals surface area contributed by atoms with Crippen LogP contribution in [0.25, 0.3) is 169 Å². The van der Waals surface area contributed by atoms with Gasteiger partial charge in [0.15, 0.2) is 0 Å². The Balaban J connectivity index is 0.822. The molecule has 610 valence electrons. The summed E-state index contributed by atoms with van der Waals surface area (Å²) in [5.41, 5.74) is 30.3. The van der Waals surface area contributed by atoms with Gasteiger partial charge in [0.1, 0.15) is 28.4 Å². The Labute approximate surface area is 722 Å². The molecule has 11 heteroatoms. The van der Waals surface area contributed by atoms with Gasteiger partial charge in [-0.05, 0) is 225 Å². The fraction of sp³-hybridized carbons (Fsp3) is 0.243. The Kier molecular flexibility index (Phi) is 25.8. The standard InChI is InChI=1S/C111H106N6O4S/c1-7-10-13-16-19-22-71-118-85-48-42-80(43-49-85)107-93-59-60-94(114-93)108(81-44-50-86(51-45-81)119-72-23-20-17-14-11-8-2)96-62-65-99(116-96)110(83-46-52-87(53-47-83)120-73-24-21-18-15-12-9-3)102-68-67-101(121-102)109(98-64-61-95(107)115-98)82-40-31-77(32-41-82)33-54-88-89-55-56-90(112-89)105(78-34-25-74(4)26-35-78)91-57-58-92(113-91)106(79-36-27-75(5)28-37-79)97-63-66-100(117-97)111(104-70-69-103(88)122-104)84-38-29-76(6)30-39-84/h25-32,34-53,55-70,113-114H,7-24,71-73H2,1-6H3. The van der Waals surface area contributed by atoms with E-state index in [1.54, 1.807) is 11.3 Å². The highest BCUT2D eigenvalue weighted by molar-refractivity contribution is 7.24. The van der Waals surface area contributed by atoms with Gasteiger partial charge in [0.25, 0.3) is 0 Å². The van der Waals surface area contributed by atoms with Gasteiger partial charge in [0.05, 0.1) is 82.1 Å². The topological polar surface area (TPSA) is 124 Å². The van der Waals surface area contributed by atoms with E-state index in [0.717, 1.165) is 215 Å². The summed E-state index contributed by atoms with van der Waals surface area (Å²) < 4.78 is 28.7. The van der Waals surface area contributed by atoms with Gasteiger partial charge in [0, 0.05) is 64.8 Å². The third-order valence-electron chi connectivity index (χ3n) is 23.5. The maximum Gasteiger partial charge on any atom is 0.137 e. The number of H-pyrrole nitrogens is 2. The van der Waals surface area contributed by atoms with E-state index in [-0.39, 0.29) is 0 Å². The minimum atomic E-state index is 0.644. The van der Waals surface area contributed by atoms with Crippen LogP contribution < -0.4 is 14.2 Å². The Hall–Kier alpha value is -12.9. The lowest BCUT2D eigenvalue weighted by Gasteiger charge is -2.10. The molecule has 7 aromatic carbocycles. The molecular weight excluding hydrogens is 1510 g/mol. The summed E-state index contributed by atoms with van der Waals surface area (Å²) in [6.07, 6.45) is 38.7. The van der Waals surface area contributed by atoms with E-state index in [2.05, 4.69) is 330 Å². The van der Waals surface area contributed by atoms with Gasteiger partial charge in [-0.3, -0.25) is 0 Å². The summed E-state index contributed by atoms with van der Waals surface area (Å²) >= 11 is 1.71. The van der Waals surface area contributed by atoms with Crippen LogP contribution in [0.5, 0.6) is 17.2 Å². The Bertz CT molecular complexity index is 6380. The van der Waals surface area contributed by atoms with Gasteiger partial charge in [-0.2, -0.15) is 0 Å². The van der Waals surface area contributed by atoms with Crippen molar-refractivity contribution in [3.05, 3.63) is 292 Å². The van der Waals surface area contributed by atoms with E-state index in [4.69, 9.17) is 38.6 Å². The van der Waals surface area contributed by atoms with Crippen LogP contribution in [-0.2, 0) is 0 Å². The lowest BCUT2D eigenvalue weighted by atomic mass is 10.0. The minimum absolute atomic E-state index is 0.644. The molecule has 0 saturated carbocycles. The van der Waals surface area contributed by atoms with Crippen LogP contribution in [0.3, 0.4) is 0 Å². The van der Waals surface area contributed by atoms with Crippen molar-refractivity contribution in [3.8, 4) is 107 Å². The molecule has 2 N–H and O–H groups in total. The Morgan fingerprint density at radius 3 is 0.910 bits per heavy atom. The predicted molar refractivity (Wildman–Crippen MR) is 514 cm³/mol. The van der Waals surface area contributed by atoms with Gasteiger partial charge in [0.2, 0.25) is 0 Å². The monoisotopic (exact) mass is 1620 g/mol. The number of aromatic nitrogens is 6. The number of rotatable bonds is 31. The molecule has 0 radical (unpaired) electrons. The van der Waals surface area contributed by atoms with Gasteiger partial charge in [-0.1, -0.05) is 267 Å². The summed E-state index contributed by atoms with van der Waals surface area (Å²) in [4.78, 5) is 30.5. The zero-order chi connectivity index (χ0) is 83.1.